The summed E-state index contributed by atoms with van der Waals surface area (Å²) in [5.74, 6) is -1.56. The van der Waals surface area contributed by atoms with Gasteiger partial charge in [-0.1, -0.05) is 52.8 Å². The maximum Gasteiger partial charge on any atom is 0.244 e. The van der Waals surface area contributed by atoms with E-state index in [-0.39, 0.29) is 40.9 Å². The van der Waals surface area contributed by atoms with E-state index in [1.165, 1.54) is 0 Å². The number of aliphatic hydroxyl groups is 1. The highest BCUT2D eigenvalue weighted by Gasteiger charge is 2.76. The molecule has 37 heavy (non-hydrogen) atoms. The Balaban J connectivity index is 1.72. The molecular formula is C29H43N3O4S. The number of nitrogens with zero attached hydrogens (tertiary/aromatic N) is 1. The molecule has 1 spiro atoms. The van der Waals surface area contributed by atoms with Gasteiger partial charge in [-0.3, -0.25) is 14.4 Å². The molecule has 3 fully saturated rings. The van der Waals surface area contributed by atoms with Crippen LogP contribution in [-0.2, 0) is 14.4 Å². The first-order valence-corrected chi connectivity index (χ1v) is 14.4. The minimum absolute atomic E-state index is 0.00825. The van der Waals surface area contributed by atoms with Gasteiger partial charge in [0.05, 0.1) is 29.2 Å². The standard InChI is InChI=1S/C29H43N3O4S/c1-8-19(15-33)32-23(25(35)31-28(6,7)16-27(3,4)5)29-17(2)14-20(37-29)21(22(29)26(32)36)24(34)30-18-12-10-9-11-13-18/h9-13,17,19-23,33H,8,14-16H2,1-7H3,(H,30,34)(H,31,35)/t17?,19-,20+,21-,22-,23?,29?/m0/s1. The van der Waals surface area contributed by atoms with E-state index >= 15 is 0 Å². The van der Waals surface area contributed by atoms with Crippen molar-refractivity contribution in [3.8, 4) is 0 Å². The highest BCUT2D eigenvalue weighted by Crippen LogP contribution is 2.69. The third-order valence-corrected chi connectivity index (χ3v) is 10.4. The molecule has 7 atom stereocenters. The first-order chi connectivity index (χ1) is 17.3. The molecule has 0 radical (unpaired) electrons. The summed E-state index contributed by atoms with van der Waals surface area (Å²) in [5.41, 5.74) is 0.229. The Morgan fingerprint density at radius 2 is 1.81 bits per heavy atom. The van der Waals surface area contributed by atoms with Crippen molar-refractivity contribution in [2.45, 2.75) is 95.3 Å². The molecule has 0 saturated carbocycles. The average Bonchev–Trinajstić information content (AvgIpc) is 3.37. The summed E-state index contributed by atoms with van der Waals surface area (Å²) >= 11 is 1.66. The van der Waals surface area contributed by atoms with Crippen LogP contribution in [0.3, 0.4) is 0 Å². The maximum absolute atomic E-state index is 14.2. The fraction of sp³-hybridized carbons (Fsp3) is 0.690. The van der Waals surface area contributed by atoms with Crippen LogP contribution in [0.4, 0.5) is 5.69 Å². The molecule has 8 heteroatoms. The Morgan fingerprint density at radius 3 is 2.38 bits per heavy atom. The fourth-order valence-corrected chi connectivity index (χ4v) is 9.79. The van der Waals surface area contributed by atoms with Gasteiger partial charge in [-0.2, -0.15) is 0 Å². The molecule has 3 aliphatic heterocycles. The van der Waals surface area contributed by atoms with Gasteiger partial charge in [0.1, 0.15) is 6.04 Å². The third-order valence-electron chi connectivity index (χ3n) is 8.29. The van der Waals surface area contributed by atoms with Gasteiger partial charge >= 0.3 is 0 Å². The maximum atomic E-state index is 14.2. The quantitative estimate of drug-likeness (QED) is 0.472. The number of amides is 3. The van der Waals surface area contributed by atoms with E-state index in [9.17, 15) is 19.5 Å². The number of fused-ring (bicyclic) bond motifs is 1. The lowest BCUT2D eigenvalue weighted by Gasteiger charge is -2.42. The number of carbonyl (C=O) groups excluding carboxylic acids is 3. The number of hydrogen-bond donors (Lipinski definition) is 3. The number of anilines is 1. The van der Waals surface area contributed by atoms with Gasteiger partial charge in [-0.15, -0.1) is 11.8 Å². The smallest absolute Gasteiger partial charge is 0.244 e. The fourth-order valence-electron chi connectivity index (χ4n) is 7.38. The number of aliphatic hydroxyl groups excluding tert-OH is 1. The molecule has 3 saturated heterocycles. The number of rotatable bonds is 8. The zero-order valence-corrected chi connectivity index (χ0v) is 24.0. The zero-order valence-electron chi connectivity index (χ0n) is 23.2. The number of carbonyl (C=O) groups is 3. The minimum atomic E-state index is -0.735. The number of nitrogens with one attached hydrogen (secondary N) is 2. The van der Waals surface area contributed by atoms with Crippen molar-refractivity contribution in [3.05, 3.63) is 30.3 Å². The molecule has 7 nitrogen and oxygen atoms in total. The first kappa shape index (κ1) is 28.0. The molecule has 3 unspecified atom stereocenters. The third kappa shape index (κ3) is 4.91. The summed E-state index contributed by atoms with van der Waals surface area (Å²) in [6, 6.07) is 8.09. The predicted octanol–water partition coefficient (Wildman–Crippen LogP) is 4.06. The second-order valence-corrected chi connectivity index (χ2v) is 14.6. The monoisotopic (exact) mass is 529 g/mol. The van der Waals surface area contributed by atoms with Crippen LogP contribution in [0.1, 0.15) is 67.7 Å². The molecular weight excluding hydrogens is 486 g/mol. The van der Waals surface area contributed by atoms with E-state index in [0.717, 1.165) is 12.8 Å². The van der Waals surface area contributed by atoms with Crippen molar-refractivity contribution < 1.29 is 19.5 Å². The van der Waals surface area contributed by atoms with Crippen molar-refractivity contribution >= 4 is 35.2 Å². The Morgan fingerprint density at radius 1 is 1.16 bits per heavy atom. The average molecular weight is 530 g/mol. The van der Waals surface area contributed by atoms with Crippen LogP contribution in [0.5, 0.6) is 0 Å². The molecule has 0 aliphatic carbocycles. The lowest BCUT2D eigenvalue weighted by atomic mass is 9.65. The molecule has 0 aromatic heterocycles. The second-order valence-electron chi connectivity index (χ2n) is 13.0. The van der Waals surface area contributed by atoms with Crippen LogP contribution in [0, 0.1) is 23.2 Å². The topological polar surface area (TPSA) is 98.7 Å². The highest BCUT2D eigenvalue weighted by atomic mass is 32.2. The largest absolute Gasteiger partial charge is 0.394 e. The van der Waals surface area contributed by atoms with E-state index in [2.05, 4.69) is 38.3 Å². The zero-order chi connectivity index (χ0) is 27.3. The van der Waals surface area contributed by atoms with Gasteiger partial charge < -0.3 is 20.6 Å². The molecule has 3 heterocycles. The van der Waals surface area contributed by atoms with Gasteiger partial charge in [0, 0.05) is 16.5 Å². The van der Waals surface area contributed by atoms with E-state index in [1.54, 1.807) is 16.7 Å². The van der Waals surface area contributed by atoms with Crippen LogP contribution >= 0.6 is 11.8 Å². The normalized spacial score (nSPS) is 31.8. The minimum Gasteiger partial charge on any atom is -0.394 e. The summed E-state index contributed by atoms with van der Waals surface area (Å²) in [7, 11) is 0. The van der Waals surface area contributed by atoms with Gasteiger partial charge in [0.2, 0.25) is 17.7 Å². The number of thioether (sulfide) groups is 1. The lowest BCUT2D eigenvalue weighted by molar-refractivity contribution is -0.142. The summed E-state index contributed by atoms with van der Waals surface area (Å²) in [6.45, 7) is 14.3. The Labute approximate surface area is 225 Å². The molecule has 3 amide bonds. The van der Waals surface area contributed by atoms with E-state index in [1.807, 2.05) is 51.1 Å². The van der Waals surface area contributed by atoms with Crippen LogP contribution < -0.4 is 10.6 Å². The number of hydrogen-bond acceptors (Lipinski definition) is 5. The summed E-state index contributed by atoms with van der Waals surface area (Å²) < 4.78 is -0.703. The van der Waals surface area contributed by atoms with Crippen molar-refractivity contribution in [1.29, 1.82) is 0 Å². The van der Waals surface area contributed by atoms with E-state index in [4.69, 9.17) is 0 Å². The molecule has 2 bridgehead atoms. The Hall–Kier alpha value is -2.06. The summed E-state index contributed by atoms with van der Waals surface area (Å²) in [5, 5.41) is 16.5. The number of likely N-dealkylation sites (tertiary alicyclic amines) is 1. The summed E-state index contributed by atoms with van der Waals surface area (Å²) in [6.07, 6.45) is 2.08. The first-order valence-electron chi connectivity index (χ1n) is 13.5. The summed E-state index contributed by atoms with van der Waals surface area (Å²) in [4.78, 5) is 43.6. The van der Waals surface area contributed by atoms with E-state index in [0.29, 0.717) is 12.1 Å². The van der Waals surface area contributed by atoms with Crippen molar-refractivity contribution in [1.82, 2.24) is 10.2 Å². The SMILES string of the molecule is CC[C@@H](CO)N1C(=O)[C@@H]2[C@@H](C(=O)Nc3ccccc3)[C@H]3CC(C)C2(S3)C1C(=O)NC(C)(C)CC(C)(C)C. The Kier molecular flexibility index (Phi) is 7.49. The van der Waals surface area contributed by atoms with Crippen LogP contribution in [0.15, 0.2) is 30.3 Å². The molecule has 3 aliphatic rings. The van der Waals surface area contributed by atoms with Gasteiger partial charge in [-0.05, 0) is 56.6 Å². The van der Waals surface area contributed by atoms with Gasteiger partial charge in [0.25, 0.3) is 0 Å². The molecule has 3 N–H and O–H groups in total. The van der Waals surface area contributed by atoms with Crippen LogP contribution in [-0.4, -0.2) is 62.0 Å². The molecule has 1 aromatic carbocycles. The lowest BCUT2D eigenvalue weighted by Crippen LogP contribution is -2.61. The molecule has 1 aromatic rings. The van der Waals surface area contributed by atoms with Gasteiger partial charge in [0.15, 0.2) is 0 Å². The molecule has 4 rings (SSSR count). The molecule has 204 valence electrons. The number of benzene rings is 1. The van der Waals surface area contributed by atoms with Crippen LogP contribution in [0.2, 0.25) is 0 Å². The number of para-hydroxylation sites is 1. The van der Waals surface area contributed by atoms with Crippen molar-refractivity contribution in [2.75, 3.05) is 11.9 Å². The van der Waals surface area contributed by atoms with Gasteiger partial charge in [-0.25, -0.2) is 0 Å². The highest BCUT2D eigenvalue weighted by molar-refractivity contribution is 8.02. The predicted molar refractivity (Wildman–Crippen MR) is 148 cm³/mol. The van der Waals surface area contributed by atoms with E-state index < -0.39 is 34.2 Å². The van der Waals surface area contributed by atoms with Crippen LogP contribution in [0.25, 0.3) is 0 Å². The second kappa shape index (κ2) is 9.92. The Bertz CT molecular complexity index is 1040. The van der Waals surface area contributed by atoms with Crippen molar-refractivity contribution in [2.24, 2.45) is 23.2 Å². The van der Waals surface area contributed by atoms with Crippen molar-refractivity contribution in [3.63, 3.8) is 0 Å².